The van der Waals surface area contributed by atoms with Crippen LogP contribution >= 0.6 is 43.5 Å². The summed E-state index contributed by atoms with van der Waals surface area (Å²) < 4.78 is 1.13. The van der Waals surface area contributed by atoms with Crippen LogP contribution in [0, 0.1) is 0 Å². The van der Waals surface area contributed by atoms with Gasteiger partial charge in [0.2, 0.25) is 0 Å². The molecule has 0 radical (unpaired) electrons. The fourth-order valence-electron chi connectivity index (χ4n) is 2.50. The fraction of sp³-hybridized carbons (Fsp3) is 0.111. The smallest absolute Gasteiger partial charge is 0.0441 e. The van der Waals surface area contributed by atoms with Crippen LogP contribution < -0.4 is 0 Å². The zero-order valence-corrected chi connectivity index (χ0v) is 15.1. The summed E-state index contributed by atoms with van der Waals surface area (Å²) >= 11 is 13.4. The molecule has 0 aromatic heterocycles. The van der Waals surface area contributed by atoms with Crippen molar-refractivity contribution in [1.82, 2.24) is 0 Å². The highest BCUT2D eigenvalue weighted by molar-refractivity contribution is 9.10. The lowest BCUT2D eigenvalue weighted by molar-refractivity contribution is 0.957. The van der Waals surface area contributed by atoms with Gasteiger partial charge in [0.25, 0.3) is 0 Å². The number of hydrogen-bond donors (Lipinski definition) is 0. The number of rotatable bonds is 3. The molecule has 3 aromatic rings. The Labute approximate surface area is 146 Å². The third-order valence-corrected chi connectivity index (χ3v) is 5.33. The molecule has 0 spiro atoms. The van der Waals surface area contributed by atoms with Crippen molar-refractivity contribution in [3.05, 3.63) is 81.3 Å². The highest BCUT2D eigenvalue weighted by Gasteiger charge is 2.13. The van der Waals surface area contributed by atoms with Crippen LogP contribution in [0.25, 0.3) is 10.8 Å². The molecule has 0 saturated heterocycles. The molecule has 0 N–H and O–H groups in total. The Bertz CT molecular complexity index is 766. The van der Waals surface area contributed by atoms with E-state index in [0.717, 1.165) is 15.9 Å². The summed E-state index contributed by atoms with van der Waals surface area (Å²) in [6, 6.07) is 20.8. The van der Waals surface area contributed by atoms with Crippen molar-refractivity contribution in [2.75, 3.05) is 0 Å². The van der Waals surface area contributed by atoms with Gasteiger partial charge in [-0.3, -0.25) is 0 Å². The van der Waals surface area contributed by atoms with E-state index in [0.29, 0.717) is 0 Å². The molecule has 3 heteroatoms. The van der Waals surface area contributed by atoms with E-state index in [2.05, 4.69) is 80.4 Å². The first kappa shape index (κ1) is 15.1. The summed E-state index contributed by atoms with van der Waals surface area (Å²) in [6.45, 7) is 0. The SMILES string of the molecule is Clc1ccc(CC(Br)c2ccc(Br)c3ccccc23)cc1. The molecule has 0 aliphatic rings. The van der Waals surface area contributed by atoms with E-state index in [1.54, 1.807) is 0 Å². The van der Waals surface area contributed by atoms with Gasteiger partial charge in [-0.15, -0.1) is 0 Å². The second-order valence-corrected chi connectivity index (χ2v) is 7.38. The van der Waals surface area contributed by atoms with E-state index in [1.165, 1.54) is 21.9 Å². The largest absolute Gasteiger partial charge is 0.0843 e. The first-order valence-electron chi connectivity index (χ1n) is 6.71. The molecule has 0 aliphatic heterocycles. The summed E-state index contributed by atoms with van der Waals surface area (Å²) in [5, 5.41) is 3.30. The summed E-state index contributed by atoms with van der Waals surface area (Å²) in [6.07, 6.45) is 0.933. The molecule has 0 heterocycles. The highest BCUT2D eigenvalue weighted by atomic mass is 79.9. The van der Waals surface area contributed by atoms with Gasteiger partial charge in [-0.25, -0.2) is 0 Å². The van der Waals surface area contributed by atoms with E-state index in [-0.39, 0.29) is 4.83 Å². The van der Waals surface area contributed by atoms with Crippen molar-refractivity contribution < 1.29 is 0 Å². The second-order valence-electron chi connectivity index (χ2n) is 4.98. The Hall–Kier alpha value is -0.830. The lowest BCUT2D eigenvalue weighted by Gasteiger charge is -2.14. The standard InChI is InChI=1S/C18H13Br2Cl/c19-17-10-9-16(14-3-1-2-4-15(14)17)18(20)11-12-5-7-13(21)8-6-12/h1-10,18H,11H2. The Morgan fingerprint density at radius 2 is 1.52 bits per heavy atom. The van der Waals surface area contributed by atoms with Gasteiger partial charge in [-0.2, -0.15) is 0 Å². The summed E-state index contributed by atoms with van der Waals surface area (Å²) in [5.41, 5.74) is 2.58. The van der Waals surface area contributed by atoms with Gasteiger partial charge in [0.05, 0.1) is 0 Å². The monoisotopic (exact) mass is 422 g/mol. The average Bonchev–Trinajstić information content (AvgIpc) is 2.50. The first-order chi connectivity index (χ1) is 10.1. The van der Waals surface area contributed by atoms with Crippen LogP contribution in [-0.4, -0.2) is 0 Å². The Balaban J connectivity index is 1.96. The maximum Gasteiger partial charge on any atom is 0.0441 e. The molecule has 0 saturated carbocycles. The zero-order chi connectivity index (χ0) is 14.8. The number of halogens is 3. The van der Waals surface area contributed by atoms with Gasteiger partial charge in [-0.05, 0) is 46.5 Å². The predicted molar refractivity (Wildman–Crippen MR) is 98.5 cm³/mol. The number of hydrogen-bond acceptors (Lipinski definition) is 0. The van der Waals surface area contributed by atoms with Crippen molar-refractivity contribution in [3.8, 4) is 0 Å². The van der Waals surface area contributed by atoms with Crippen LogP contribution in [-0.2, 0) is 6.42 Å². The Morgan fingerprint density at radius 1 is 0.857 bits per heavy atom. The molecule has 1 unspecified atom stereocenters. The van der Waals surface area contributed by atoms with Crippen LogP contribution in [0.1, 0.15) is 16.0 Å². The molecule has 0 bridgehead atoms. The minimum Gasteiger partial charge on any atom is -0.0843 e. The van der Waals surface area contributed by atoms with Crippen LogP contribution in [0.5, 0.6) is 0 Å². The normalized spacial score (nSPS) is 12.5. The fourth-order valence-corrected chi connectivity index (χ4v) is 3.87. The van der Waals surface area contributed by atoms with Gasteiger partial charge < -0.3 is 0 Å². The molecule has 0 aliphatic carbocycles. The van der Waals surface area contributed by atoms with Crippen molar-refractivity contribution in [1.29, 1.82) is 0 Å². The van der Waals surface area contributed by atoms with Crippen LogP contribution in [0.15, 0.2) is 65.1 Å². The summed E-state index contributed by atoms with van der Waals surface area (Å²) in [7, 11) is 0. The van der Waals surface area contributed by atoms with Crippen molar-refractivity contribution in [2.24, 2.45) is 0 Å². The molecule has 0 amide bonds. The maximum absolute atomic E-state index is 5.94. The number of benzene rings is 3. The van der Waals surface area contributed by atoms with Crippen molar-refractivity contribution in [3.63, 3.8) is 0 Å². The van der Waals surface area contributed by atoms with Crippen LogP contribution in [0.2, 0.25) is 5.02 Å². The van der Waals surface area contributed by atoms with E-state index < -0.39 is 0 Å². The topological polar surface area (TPSA) is 0 Å². The molecular formula is C18H13Br2Cl. The third kappa shape index (κ3) is 3.33. The molecule has 1 atom stereocenters. The average molecular weight is 425 g/mol. The Kier molecular flexibility index (Phi) is 4.68. The zero-order valence-electron chi connectivity index (χ0n) is 11.2. The molecular weight excluding hydrogens is 411 g/mol. The second kappa shape index (κ2) is 6.51. The number of alkyl halides is 1. The van der Waals surface area contributed by atoms with Gasteiger partial charge in [0.15, 0.2) is 0 Å². The predicted octanol–water partition coefficient (Wildman–Crippen LogP) is 6.93. The summed E-state index contributed by atoms with van der Waals surface area (Å²) in [5.74, 6) is 0. The van der Waals surface area contributed by atoms with Crippen molar-refractivity contribution in [2.45, 2.75) is 11.2 Å². The minimum atomic E-state index is 0.275. The van der Waals surface area contributed by atoms with Crippen LogP contribution in [0.4, 0.5) is 0 Å². The van der Waals surface area contributed by atoms with Gasteiger partial charge in [0.1, 0.15) is 0 Å². The molecule has 21 heavy (non-hydrogen) atoms. The number of fused-ring (bicyclic) bond motifs is 1. The first-order valence-corrected chi connectivity index (χ1v) is 8.79. The van der Waals surface area contributed by atoms with Gasteiger partial charge >= 0.3 is 0 Å². The van der Waals surface area contributed by atoms with Crippen molar-refractivity contribution >= 4 is 54.2 Å². The lowest BCUT2D eigenvalue weighted by Crippen LogP contribution is -1.96. The molecule has 0 fully saturated rings. The van der Waals surface area contributed by atoms with E-state index >= 15 is 0 Å². The summed E-state index contributed by atoms with van der Waals surface area (Å²) in [4.78, 5) is 0.275. The van der Waals surface area contributed by atoms with Gasteiger partial charge in [-0.1, -0.05) is 85.9 Å². The van der Waals surface area contributed by atoms with E-state index in [4.69, 9.17) is 11.6 Å². The lowest BCUT2D eigenvalue weighted by atomic mass is 9.98. The van der Waals surface area contributed by atoms with E-state index in [9.17, 15) is 0 Å². The quantitative estimate of drug-likeness (QED) is 0.400. The minimum absolute atomic E-state index is 0.275. The Morgan fingerprint density at radius 3 is 2.24 bits per heavy atom. The highest BCUT2D eigenvalue weighted by Crippen LogP contribution is 2.35. The molecule has 3 rings (SSSR count). The maximum atomic E-state index is 5.94. The van der Waals surface area contributed by atoms with Gasteiger partial charge in [0, 0.05) is 14.3 Å². The molecule has 106 valence electrons. The third-order valence-electron chi connectivity index (χ3n) is 3.57. The molecule has 3 aromatic carbocycles. The van der Waals surface area contributed by atoms with Crippen LogP contribution in [0.3, 0.4) is 0 Å². The van der Waals surface area contributed by atoms with E-state index in [1.807, 2.05) is 12.1 Å². The molecule has 0 nitrogen and oxygen atoms in total.